The van der Waals surface area contributed by atoms with Crippen LogP contribution in [0, 0.1) is 12.7 Å². The fourth-order valence-electron chi connectivity index (χ4n) is 3.31. The van der Waals surface area contributed by atoms with Crippen LogP contribution in [0.15, 0.2) is 48.5 Å². The molecule has 0 spiro atoms. The number of halogens is 1. The van der Waals surface area contributed by atoms with Crippen LogP contribution in [0.25, 0.3) is 0 Å². The van der Waals surface area contributed by atoms with Gasteiger partial charge in [0.2, 0.25) is 5.91 Å². The van der Waals surface area contributed by atoms with Gasteiger partial charge in [-0.25, -0.2) is 4.39 Å². The summed E-state index contributed by atoms with van der Waals surface area (Å²) in [4.78, 5) is 26.4. The van der Waals surface area contributed by atoms with Crippen LogP contribution in [0.1, 0.15) is 40.7 Å². The third-order valence-electron chi connectivity index (χ3n) is 5.00. The van der Waals surface area contributed by atoms with Crippen molar-refractivity contribution in [1.82, 2.24) is 10.2 Å². The lowest BCUT2D eigenvalue weighted by atomic mass is 10.0. The standard InChI is InChI=1S/C22H25FN2O2/c1-16-2-4-17(5-3-16)6-11-21(26)24-20-12-14-25(15-13-20)22(27)18-7-9-19(23)10-8-18/h2-5,7-10,20H,6,11-15H2,1H3,(H,24,26). The van der Waals surface area contributed by atoms with Gasteiger partial charge in [0.05, 0.1) is 0 Å². The highest BCUT2D eigenvalue weighted by Crippen LogP contribution is 2.15. The van der Waals surface area contributed by atoms with E-state index in [4.69, 9.17) is 0 Å². The normalized spacial score (nSPS) is 14.8. The molecule has 2 aromatic carbocycles. The maximum atomic E-state index is 13.0. The molecule has 1 N–H and O–H groups in total. The Morgan fingerprint density at radius 2 is 1.67 bits per heavy atom. The monoisotopic (exact) mass is 368 g/mol. The number of benzene rings is 2. The summed E-state index contributed by atoms with van der Waals surface area (Å²) in [5.74, 6) is -0.378. The SMILES string of the molecule is Cc1ccc(CCC(=O)NC2CCN(C(=O)c3ccc(F)cc3)CC2)cc1. The van der Waals surface area contributed by atoms with Crippen molar-refractivity contribution in [1.29, 1.82) is 0 Å². The Balaban J connectivity index is 1.42. The molecule has 27 heavy (non-hydrogen) atoms. The molecule has 1 heterocycles. The van der Waals surface area contributed by atoms with Crippen molar-refractivity contribution in [3.8, 4) is 0 Å². The number of nitrogens with one attached hydrogen (secondary N) is 1. The van der Waals surface area contributed by atoms with Gasteiger partial charge in [-0.15, -0.1) is 0 Å². The van der Waals surface area contributed by atoms with E-state index in [2.05, 4.69) is 29.6 Å². The van der Waals surface area contributed by atoms with E-state index < -0.39 is 0 Å². The molecule has 2 amide bonds. The highest BCUT2D eigenvalue weighted by molar-refractivity contribution is 5.94. The number of carbonyl (C=O) groups is 2. The Morgan fingerprint density at radius 3 is 2.30 bits per heavy atom. The molecule has 0 aliphatic carbocycles. The third-order valence-corrected chi connectivity index (χ3v) is 5.00. The lowest BCUT2D eigenvalue weighted by Gasteiger charge is -2.32. The average Bonchev–Trinajstić information content (AvgIpc) is 2.68. The van der Waals surface area contributed by atoms with Gasteiger partial charge in [0.1, 0.15) is 5.82 Å². The second-order valence-electron chi connectivity index (χ2n) is 7.13. The molecule has 4 nitrogen and oxygen atoms in total. The quantitative estimate of drug-likeness (QED) is 0.878. The first kappa shape index (κ1) is 19.1. The van der Waals surface area contributed by atoms with E-state index in [1.807, 2.05) is 6.92 Å². The fourth-order valence-corrected chi connectivity index (χ4v) is 3.31. The summed E-state index contributed by atoms with van der Waals surface area (Å²) in [7, 11) is 0. The molecular weight excluding hydrogens is 343 g/mol. The molecule has 0 saturated carbocycles. The second-order valence-corrected chi connectivity index (χ2v) is 7.13. The molecule has 5 heteroatoms. The smallest absolute Gasteiger partial charge is 0.253 e. The number of piperidine rings is 1. The van der Waals surface area contributed by atoms with Crippen LogP contribution in [0.3, 0.4) is 0 Å². The summed E-state index contributed by atoms with van der Waals surface area (Å²) in [6.45, 7) is 3.24. The molecule has 142 valence electrons. The molecule has 1 aliphatic rings. The maximum absolute atomic E-state index is 13.0. The number of likely N-dealkylation sites (tertiary alicyclic amines) is 1. The van der Waals surface area contributed by atoms with Crippen molar-refractivity contribution in [2.24, 2.45) is 0 Å². The zero-order chi connectivity index (χ0) is 19.2. The van der Waals surface area contributed by atoms with Gasteiger partial charge in [0, 0.05) is 31.1 Å². The minimum absolute atomic E-state index is 0.0545. The van der Waals surface area contributed by atoms with Crippen molar-refractivity contribution in [2.45, 2.75) is 38.6 Å². The number of amides is 2. The number of aryl methyl sites for hydroxylation is 2. The molecule has 1 saturated heterocycles. The minimum atomic E-state index is -0.349. The van der Waals surface area contributed by atoms with Gasteiger partial charge in [-0.1, -0.05) is 29.8 Å². The highest BCUT2D eigenvalue weighted by atomic mass is 19.1. The Hall–Kier alpha value is -2.69. The number of rotatable bonds is 5. The van der Waals surface area contributed by atoms with E-state index in [0.717, 1.165) is 24.8 Å². The Bertz CT molecular complexity index is 779. The molecule has 0 unspecified atom stereocenters. The summed E-state index contributed by atoms with van der Waals surface area (Å²) < 4.78 is 13.0. The molecule has 0 aromatic heterocycles. The predicted molar refractivity (Wildman–Crippen MR) is 103 cm³/mol. The van der Waals surface area contributed by atoms with E-state index in [1.165, 1.54) is 29.8 Å². The van der Waals surface area contributed by atoms with Gasteiger partial charge < -0.3 is 10.2 Å². The number of carbonyl (C=O) groups excluding carboxylic acids is 2. The van der Waals surface area contributed by atoms with E-state index in [9.17, 15) is 14.0 Å². The molecule has 0 atom stereocenters. The molecule has 1 aliphatic heterocycles. The molecule has 2 aromatic rings. The molecular formula is C22H25FN2O2. The highest BCUT2D eigenvalue weighted by Gasteiger charge is 2.24. The summed E-state index contributed by atoms with van der Waals surface area (Å²) >= 11 is 0. The zero-order valence-electron chi connectivity index (χ0n) is 15.6. The van der Waals surface area contributed by atoms with E-state index in [0.29, 0.717) is 25.1 Å². The van der Waals surface area contributed by atoms with Gasteiger partial charge in [0.25, 0.3) is 5.91 Å². The van der Waals surface area contributed by atoms with E-state index >= 15 is 0 Å². The minimum Gasteiger partial charge on any atom is -0.353 e. The van der Waals surface area contributed by atoms with Crippen LogP contribution in [-0.2, 0) is 11.2 Å². The molecule has 0 bridgehead atoms. The number of hydrogen-bond donors (Lipinski definition) is 1. The largest absolute Gasteiger partial charge is 0.353 e. The lowest BCUT2D eigenvalue weighted by Crippen LogP contribution is -2.46. The van der Waals surface area contributed by atoms with Crippen LogP contribution >= 0.6 is 0 Å². The van der Waals surface area contributed by atoms with Crippen LogP contribution in [0.5, 0.6) is 0 Å². The summed E-state index contributed by atoms with van der Waals surface area (Å²) in [5, 5.41) is 3.08. The van der Waals surface area contributed by atoms with Gasteiger partial charge in [0.15, 0.2) is 0 Å². The van der Waals surface area contributed by atoms with E-state index in [1.54, 1.807) is 4.90 Å². The first-order chi connectivity index (χ1) is 13.0. The topological polar surface area (TPSA) is 49.4 Å². The van der Waals surface area contributed by atoms with Crippen LogP contribution in [0.4, 0.5) is 4.39 Å². The molecule has 1 fully saturated rings. The third kappa shape index (κ3) is 5.39. The Kier molecular flexibility index (Phi) is 6.22. The Labute approximate surface area is 159 Å². The first-order valence-electron chi connectivity index (χ1n) is 9.41. The first-order valence-corrected chi connectivity index (χ1v) is 9.41. The maximum Gasteiger partial charge on any atom is 0.253 e. The second kappa shape index (κ2) is 8.80. The van der Waals surface area contributed by atoms with Crippen LogP contribution in [0.2, 0.25) is 0 Å². The fraction of sp³-hybridized carbons (Fsp3) is 0.364. The summed E-state index contributed by atoms with van der Waals surface area (Å²) in [6, 6.07) is 14.0. The van der Waals surface area contributed by atoms with Crippen molar-refractivity contribution in [2.75, 3.05) is 13.1 Å². The summed E-state index contributed by atoms with van der Waals surface area (Å²) in [5.41, 5.74) is 2.87. The lowest BCUT2D eigenvalue weighted by molar-refractivity contribution is -0.122. The van der Waals surface area contributed by atoms with Gasteiger partial charge in [-0.2, -0.15) is 0 Å². The van der Waals surface area contributed by atoms with Crippen LogP contribution in [-0.4, -0.2) is 35.8 Å². The molecule has 0 radical (unpaired) electrons. The van der Waals surface area contributed by atoms with E-state index in [-0.39, 0.29) is 23.7 Å². The van der Waals surface area contributed by atoms with Crippen molar-refractivity contribution in [3.63, 3.8) is 0 Å². The number of hydrogen-bond acceptors (Lipinski definition) is 2. The van der Waals surface area contributed by atoms with Crippen molar-refractivity contribution >= 4 is 11.8 Å². The molecule has 3 rings (SSSR count). The number of nitrogens with zero attached hydrogens (tertiary/aromatic N) is 1. The average molecular weight is 368 g/mol. The Morgan fingerprint density at radius 1 is 1.04 bits per heavy atom. The van der Waals surface area contributed by atoms with Crippen molar-refractivity contribution in [3.05, 3.63) is 71.0 Å². The van der Waals surface area contributed by atoms with Crippen molar-refractivity contribution < 1.29 is 14.0 Å². The van der Waals surface area contributed by atoms with Gasteiger partial charge in [-0.3, -0.25) is 9.59 Å². The predicted octanol–water partition coefficient (Wildman–Crippen LogP) is 3.49. The zero-order valence-corrected chi connectivity index (χ0v) is 15.6. The summed E-state index contributed by atoms with van der Waals surface area (Å²) in [6.07, 6.45) is 2.68. The van der Waals surface area contributed by atoms with Gasteiger partial charge in [-0.05, 0) is 56.0 Å². The van der Waals surface area contributed by atoms with Crippen LogP contribution < -0.4 is 5.32 Å². The van der Waals surface area contributed by atoms with Gasteiger partial charge >= 0.3 is 0 Å².